The van der Waals surface area contributed by atoms with Crippen molar-refractivity contribution in [1.82, 2.24) is 4.98 Å². The van der Waals surface area contributed by atoms with E-state index in [4.69, 9.17) is 9.40 Å². The Morgan fingerprint density at radius 3 is 1.65 bits per heavy atom. The van der Waals surface area contributed by atoms with Crippen molar-refractivity contribution in [1.29, 1.82) is 0 Å². The van der Waals surface area contributed by atoms with E-state index in [9.17, 15) is 0 Å². The van der Waals surface area contributed by atoms with Crippen LogP contribution < -0.4 is 20.5 Å². The molecular weight excluding hydrogens is 685 g/mol. The van der Waals surface area contributed by atoms with Gasteiger partial charge in [0.15, 0.2) is 5.58 Å². The fourth-order valence-corrected chi connectivity index (χ4v) is 10.9. The Kier molecular flexibility index (Phi) is 8.36. The summed E-state index contributed by atoms with van der Waals surface area (Å²) in [7, 11) is -1.71. The van der Waals surface area contributed by atoms with E-state index in [1.54, 1.807) is 0 Å². The first-order valence-corrected chi connectivity index (χ1v) is 20.5. The first-order chi connectivity index (χ1) is 27.3. The van der Waals surface area contributed by atoms with Crippen LogP contribution in [0.1, 0.15) is 0 Å². The van der Waals surface area contributed by atoms with Crippen LogP contribution in [0.4, 0.5) is 17.1 Å². The van der Waals surface area contributed by atoms with E-state index in [0.717, 1.165) is 60.8 Å². The molecule has 1 aromatic heterocycles. The van der Waals surface area contributed by atoms with Crippen molar-refractivity contribution < 1.29 is 4.42 Å². The average Bonchev–Trinajstić information content (AvgIpc) is 3.71. The van der Waals surface area contributed by atoms with E-state index in [1.165, 1.54) is 21.1 Å². The smallest absolute Gasteiger partial charge is 0.227 e. The maximum Gasteiger partial charge on any atom is 0.227 e. The third-order valence-corrected chi connectivity index (χ3v) is 13.8. The first kappa shape index (κ1) is 32.6. The lowest BCUT2D eigenvalue weighted by Gasteiger charge is -2.29. The van der Waals surface area contributed by atoms with Gasteiger partial charge in [0.25, 0.3) is 0 Å². The largest absolute Gasteiger partial charge is 0.435 e. The second kappa shape index (κ2) is 14.1. The fourth-order valence-electron chi connectivity index (χ4n) is 7.99. The molecule has 0 atom stereocenters. The van der Waals surface area contributed by atoms with Crippen LogP contribution in [0.5, 0.6) is 0 Å². The minimum absolute atomic E-state index is 0.627. The van der Waals surface area contributed by atoms with Gasteiger partial charge in [-0.15, -0.1) is 0 Å². The van der Waals surface area contributed by atoms with Gasteiger partial charge in [0.2, 0.25) is 5.89 Å². The average molecular weight is 721 g/mol. The Balaban J connectivity index is 1.17. The molecule has 0 spiro atoms. The van der Waals surface area contributed by atoms with Gasteiger partial charge in [-0.05, 0) is 70.3 Å². The summed E-state index contributed by atoms with van der Waals surface area (Å²) in [6, 6.07) is 76.2. The van der Waals surface area contributed by atoms with Gasteiger partial charge < -0.3 is 9.32 Å². The van der Waals surface area contributed by atoms with Crippen molar-refractivity contribution >= 4 is 74.1 Å². The molecule has 55 heavy (non-hydrogen) atoms. The first-order valence-electron chi connectivity index (χ1n) is 18.7. The summed E-state index contributed by atoms with van der Waals surface area (Å²) >= 11 is 0. The van der Waals surface area contributed by atoms with Gasteiger partial charge in [-0.2, -0.15) is 0 Å². The van der Waals surface area contributed by atoms with Crippen molar-refractivity contribution in [2.24, 2.45) is 0 Å². The van der Waals surface area contributed by atoms with Gasteiger partial charge in [-0.1, -0.05) is 179 Å². The second-order valence-electron chi connectivity index (χ2n) is 13.9. The van der Waals surface area contributed by atoms with Gasteiger partial charge in [-0.25, -0.2) is 4.98 Å². The maximum absolute atomic E-state index is 6.61. The van der Waals surface area contributed by atoms with E-state index in [0.29, 0.717) is 5.89 Å². The number of anilines is 3. The van der Waals surface area contributed by atoms with Crippen LogP contribution in [-0.2, 0) is 0 Å². The van der Waals surface area contributed by atoms with Crippen LogP contribution >= 0.6 is 0 Å². The van der Waals surface area contributed by atoms with Crippen LogP contribution in [0.15, 0.2) is 217 Å². The second-order valence-corrected chi connectivity index (χ2v) is 16.8. The van der Waals surface area contributed by atoms with Crippen LogP contribution in [0.2, 0.25) is 0 Å². The predicted octanol–water partition coefficient (Wildman–Crippen LogP) is 11.2. The number of fused-ring (bicyclic) bond motifs is 5. The topological polar surface area (TPSA) is 29.3 Å². The van der Waals surface area contributed by atoms with E-state index >= 15 is 0 Å². The van der Waals surface area contributed by atoms with Crippen molar-refractivity contribution in [3.8, 4) is 22.6 Å². The summed E-state index contributed by atoms with van der Waals surface area (Å²) in [5, 5.41) is 8.64. The number of hydrogen-bond donors (Lipinski definition) is 0. The molecule has 0 N–H and O–H groups in total. The van der Waals surface area contributed by atoms with Gasteiger partial charge in [0, 0.05) is 27.9 Å². The number of oxazole rings is 1. The summed E-state index contributed by atoms with van der Waals surface area (Å²) < 4.78 is 6.61. The number of nitrogens with zero attached hydrogens (tertiary/aromatic N) is 2. The molecule has 9 aromatic carbocycles. The molecule has 0 aliphatic rings. The lowest BCUT2D eigenvalue weighted by molar-refractivity contribution is 0.623. The predicted molar refractivity (Wildman–Crippen MR) is 234 cm³/mol. The Morgan fingerprint density at radius 1 is 0.436 bits per heavy atom. The van der Waals surface area contributed by atoms with Gasteiger partial charge in [0.05, 0.1) is 5.69 Å². The van der Waals surface area contributed by atoms with Crippen molar-refractivity contribution in [3.05, 3.63) is 212 Å². The van der Waals surface area contributed by atoms with Crippen LogP contribution in [0.25, 0.3) is 55.2 Å². The zero-order chi connectivity index (χ0) is 36.6. The van der Waals surface area contributed by atoms with E-state index < -0.39 is 8.80 Å². The molecule has 0 radical (unpaired) electrons. The zero-order valence-electron chi connectivity index (χ0n) is 30.1. The molecule has 0 aliphatic heterocycles. The Morgan fingerprint density at radius 2 is 0.964 bits per heavy atom. The van der Waals surface area contributed by atoms with Crippen molar-refractivity contribution in [3.63, 3.8) is 0 Å². The van der Waals surface area contributed by atoms with E-state index in [2.05, 4.69) is 187 Å². The molecule has 3 nitrogen and oxygen atoms in total. The SMILES string of the molecule is c1ccc(-c2nc3ccc4ccc5ccc(N(c6ccc([SiH](c7ccccc7)c7ccccc7)cc6)c6ccccc6-c6ccccc6)cc5c4c3o2)cc1. The molecular formula is C51H36N2OSi. The maximum atomic E-state index is 6.61. The van der Waals surface area contributed by atoms with Crippen molar-refractivity contribution in [2.75, 3.05) is 4.90 Å². The number of para-hydroxylation sites is 1. The standard InChI is InChI=1S/C51H36N2OSi/c1-5-15-36(16-6-1)45-23-13-14-24-48(45)53(40-30-32-44(33-31-40)55(42-19-9-3-10-20-42)43-21-11-4-12-22-43)41-29-27-37-25-26-38-28-34-47-50(49(38)46(37)35-41)54-51(52-47)39-17-7-2-8-18-39/h1-35,55H. The summed E-state index contributed by atoms with van der Waals surface area (Å²) in [6.45, 7) is 0. The third kappa shape index (κ3) is 6.09. The summed E-state index contributed by atoms with van der Waals surface area (Å²) in [5.41, 5.74) is 8.22. The molecule has 0 bridgehead atoms. The minimum atomic E-state index is -1.71. The molecule has 10 aromatic rings. The van der Waals surface area contributed by atoms with Crippen molar-refractivity contribution in [2.45, 2.75) is 0 Å². The molecule has 0 aliphatic carbocycles. The molecule has 10 rings (SSSR count). The van der Waals surface area contributed by atoms with E-state index in [-0.39, 0.29) is 0 Å². The quantitative estimate of drug-likeness (QED) is 0.0889. The van der Waals surface area contributed by atoms with Gasteiger partial charge in [0.1, 0.15) is 14.3 Å². The van der Waals surface area contributed by atoms with Crippen LogP contribution in [0, 0.1) is 0 Å². The monoisotopic (exact) mass is 720 g/mol. The molecule has 0 amide bonds. The normalized spacial score (nSPS) is 11.4. The molecule has 4 heteroatoms. The minimum Gasteiger partial charge on any atom is -0.435 e. The molecule has 0 unspecified atom stereocenters. The summed E-state index contributed by atoms with van der Waals surface area (Å²) in [6.07, 6.45) is 0. The summed E-state index contributed by atoms with van der Waals surface area (Å²) in [4.78, 5) is 7.33. The van der Waals surface area contributed by atoms with Crippen LogP contribution in [-0.4, -0.2) is 13.8 Å². The number of benzene rings is 9. The molecule has 0 saturated heterocycles. The van der Waals surface area contributed by atoms with E-state index in [1.807, 2.05) is 30.3 Å². The third-order valence-electron chi connectivity index (χ3n) is 10.6. The number of aromatic nitrogens is 1. The Labute approximate surface area is 322 Å². The fraction of sp³-hybridized carbons (Fsp3) is 0. The molecule has 1 heterocycles. The zero-order valence-corrected chi connectivity index (χ0v) is 31.2. The Hall–Kier alpha value is -7.01. The summed E-state index contributed by atoms with van der Waals surface area (Å²) in [5.74, 6) is 0.627. The lowest BCUT2D eigenvalue weighted by atomic mass is 9.99. The number of rotatable bonds is 8. The molecule has 0 fully saturated rings. The highest BCUT2D eigenvalue weighted by Gasteiger charge is 2.22. The van der Waals surface area contributed by atoms with Gasteiger partial charge >= 0.3 is 0 Å². The lowest BCUT2D eigenvalue weighted by Crippen LogP contribution is -2.51. The van der Waals surface area contributed by atoms with Gasteiger partial charge in [-0.3, -0.25) is 0 Å². The highest BCUT2D eigenvalue weighted by molar-refractivity contribution is 6.95. The molecule has 0 saturated carbocycles. The highest BCUT2D eigenvalue weighted by atomic mass is 28.3. The Bertz CT molecular complexity index is 2870. The molecule has 260 valence electrons. The highest BCUT2D eigenvalue weighted by Crippen LogP contribution is 2.43. The number of hydrogen-bond acceptors (Lipinski definition) is 3. The van der Waals surface area contributed by atoms with Crippen LogP contribution in [0.3, 0.4) is 0 Å².